The number of ketones is 1. The van der Waals surface area contributed by atoms with E-state index in [4.69, 9.17) is 9.47 Å². The fourth-order valence-corrected chi connectivity index (χ4v) is 8.51. The normalized spacial score (nSPS) is 29.3. The summed E-state index contributed by atoms with van der Waals surface area (Å²) in [5, 5.41) is 62.7. The van der Waals surface area contributed by atoms with Crippen molar-refractivity contribution in [2.45, 2.75) is 81.1 Å². The first-order chi connectivity index (χ1) is 23.6. The minimum absolute atomic E-state index is 0.0309. The van der Waals surface area contributed by atoms with Crippen molar-refractivity contribution in [1.29, 1.82) is 0 Å². The van der Waals surface area contributed by atoms with Crippen LogP contribution in [-0.2, 0) is 4.74 Å². The van der Waals surface area contributed by atoms with E-state index in [2.05, 4.69) is 42.5 Å². The number of aliphatic hydroxyl groups excluding tert-OH is 4. The lowest BCUT2D eigenvalue weighted by atomic mass is 9.58. The number of aliphatic hydroxyl groups is 4. The molecule has 2 aliphatic carbocycles. The SMILES string of the molecule is Cc1cc2cc(C(=O)O)cc(OC3OC(CO)C(O)C(O)C3O)c2c(O)c1C(=O)CC1c2ccccc2C2CC1CCC2c1ccccc1. The number of phenols is 1. The summed E-state index contributed by atoms with van der Waals surface area (Å²) in [6, 6.07) is 23.1. The predicted molar refractivity (Wildman–Crippen MR) is 179 cm³/mol. The van der Waals surface area contributed by atoms with Crippen LogP contribution in [0.3, 0.4) is 0 Å². The molecule has 1 aliphatic heterocycles. The van der Waals surface area contributed by atoms with Gasteiger partial charge in [0.15, 0.2) is 5.78 Å². The summed E-state index contributed by atoms with van der Waals surface area (Å²) < 4.78 is 11.4. The molecule has 0 amide bonds. The van der Waals surface area contributed by atoms with Crippen LogP contribution >= 0.6 is 0 Å². The number of Topliss-reactive ketones (excluding diaryl/α,β-unsaturated/α-hetero) is 1. The summed E-state index contributed by atoms with van der Waals surface area (Å²) in [7, 11) is 0. The van der Waals surface area contributed by atoms with Crippen LogP contribution in [0.15, 0.2) is 72.8 Å². The number of carbonyl (C=O) groups is 2. The third kappa shape index (κ3) is 5.87. The molecule has 256 valence electrons. The molecule has 9 unspecified atom stereocenters. The molecule has 1 saturated heterocycles. The summed E-state index contributed by atoms with van der Waals surface area (Å²) in [6.45, 7) is 0.997. The van der Waals surface area contributed by atoms with Crippen LogP contribution < -0.4 is 4.74 Å². The molecule has 2 fully saturated rings. The highest BCUT2D eigenvalue weighted by Crippen LogP contribution is 2.56. The first kappa shape index (κ1) is 33.2. The number of aryl methyl sites for hydroxylation is 1. The number of hydrogen-bond donors (Lipinski definition) is 6. The van der Waals surface area contributed by atoms with Gasteiger partial charge in [0.05, 0.1) is 23.1 Å². The Morgan fingerprint density at radius 1 is 0.878 bits per heavy atom. The average Bonchev–Trinajstić information content (AvgIpc) is 3.10. The van der Waals surface area contributed by atoms with E-state index in [0.717, 1.165) is 30.9 Å². The zero-order valence-corrected chi connectivity index (χ0v) is 27.0. The molecule has 0 spiro atoms. The molecule has 10 nitrogen and oxygen atoms in total. The van der Waals surface area contributed by atoms with Crippen molar-refractivity contribution in [2.75, 3.05) is 6.61 Å². The van der Waals surface area contributed by atoms with Gasteiger partial charge in [0.2, 0.25) is 6.29 Å². The standard InChI is InChI=1S/C39H40O10/c1-19-13-22-14-23(38(46)47)16-30(48-39-37(45)36(44)34(42)31(18-40)49-39)33(22)35(43)32(19)29(41)17-27-21-11-12-24(20-7-3-2-4-8-20)28(15-21)26-10-6-5-9-25(26)27/h2-10,13-14,16,21,24,27-28,31,34,36-37,39-40,42-45H,11-12,15,17-18H2,1H3,(H,46,47). The molecular formula is C39H40O10. The summed E-state index contributed by atoms with van der Waals surface area (Å²) >= 11 is 0. The van der Waals surface area contributed by atoms with Gasteiger partial charge in [0.25, 0.3) is 0 Å². The Kier molecular flexibility index (Phi) is 8.93. The molecule has 0 radical (unpaired) electrons. The second kappa shape index (κ2) is 13.2. The molecule has 4 aromatic rings. The lowest BCUT2D eigenvalue weighted by Gasteiger charge is -2.46. The summed E-state index contributed by atoms with van der Waals surface area (Å²) in [5.41, 5.74) is 4.12. The van der Waals surface area contributed by atoms with E-state index in [1.807, 2.05) is 12.1 Å². The molecule has 1 heterocycles. The van der Waals surface area contributed by atoms with Crippen LogP contribution in [0.2, 0.25) is 0 Å². The van der Waals surface area contributed by atoms with Crippen molar-refractivity contribution in [3.8, 4) is 11.5 Å². The maximum atomic E-state index is 14.3. The van der Waals surface area contributed by atoms with E-state index in [1.165, 1.54) is 17.2 Å². The number of phenolic OH excluding ortho intramolecular Hbond substituents is 1. The van der Waals surface area contributed by atoms with Crippen molar-refractivity contribution in [3.05, 3.63) is 106 Å². The third-order valence-electron chi connectivity index (χ3n) is 10.9. The molecule has 3 aliphatic rings. The Balaban J connectivity index is 1.24. The summed E-state index contributed by atoms with van der Waals surface area (Å²) in [6.07, 6.45) is -4.93. The molecule has 4 aromatic carbocycles. The highest BCUT2D eigenvalue weighted by molar-refractivity contribution is 6.09. The number of fused-ring (bicyclic) bond motifs is 5. The maximum absolute atomic E-state index is 14.3. The number of hydrogen-bond acceptors (Lipinski definition) is 9. The number of ether oxygens (including phenoxy) is 2. The Bertz CT molecular complexity index is 1890. The fraction of sp³-hybridized carbons (Fsp3) is 0.385. The molecule has 9 atom stereocenters. The maximum Gasteiger partial charge on any atom is 0.335 e. The minimum atomic E-state index is -1.78. The number of rotatable bonds is 8. The lowest BCUT2D eigenvalue weighted by Crippen LogP contribution is -2.60. The van der Waals surface area contributed by atoms with Crippen LogP contribution in [0.5, 0.6) is 11.5 Å². The van der Waals surface area contributed by atoms with Crippen molar-refractivity contribution >= 4 is 22.5 Å². The lowest BCUT2D eigenvalue weighted by molar-refractivity contribution is -0.277. The predicted octanol–water partition coefficient (Wildman–Crippen LogP) is 4.77. The zero-order chi connectivity index (χ0) is 34.6. The van der Waals surface area contributed by atoms with Crippen molar-refractivity contribution in [2.24, 2.45) is 5.92 Å². The number of benzene rings is 4. The zero-order valence-electron chi connectivity index (χ0n) is 27.0. The van der Waals surface area contributed by atoms with Gasteiger partial charge in [-0.3, -0.25) is 4.79 Å². The molecule has 10 heteroatoms. The molecule has 49 heavy (non-hydrogen) atoms. The van der Waals surface area contributed by atoms with E-state index in [1.54, 1.807) is 13.0 Å². The fourth-order valence-electron chi connectivity index (χ4n) is 8.51. The Labute approximate surface area is 283 Å². The van der Waals surface area contributed by atoms with E-state index in [9.17, 15) is 40.2 Å². The number of carboxylic acid groups (broad SMARTS) is 1. The van der Waals surface area contributed by atoms with Gasteiger partial charge in [0, 0.05) is 6.42 Å². The van der Waals surface area contributed by atoms with Gasteiger partial charge in [-0.2, -0.15) is 0 Å². The van der Waals surface area contributed by atoms with Gasteiger partial charge in [-0.25, -0.2) is 4.79 Å². The van der Waals surface area contributed by atoms with Crippen molar-refractivity contribution in [3.63, 3.8) is 0 Å². The highest BCUT2D eigenvalue weighted by atomic mass is 16.7. The quantitative estimate of drug-likeness (QED) is 0.144. The topological polar surface area (TPSA) is 174 Å². The monoisotopic (exact) mass is 668 g/mol. The van der Waals surface area contributed by atoms with Gasteiger partial charge >= 0.3 is 5.97 Å². The number of aromatic hydroxyl groups is 1. The Morgan fingerprint density at radius 3 is 2.31 bits per heavy atom. The second-order valence-corrected chi connectivity index (χ2v) is 13.7. The van der Waals surface area contributed by atoms with Crippen molar-refractivity contribution in [1.82, 2.24) is 0 Å². The van der Waals surface area contributed by atoms with Crippen LogP contribution in [0.4, 0.5) is 0 Å². The van der Waals surface area contributed by atoms with E-state index >= 15 is 0 Å². The van der Waals surface area contributed by atoms with E-state index < -0.39 is 49.0 Å². The first-order valence-corrected chi connectivity index (χ1v) is 16.7. The van der Waals surface area contributed by atoms with Crippen LogP contribution in [0.1, 0.15) is 86.4 Å². The number of aromatic carboxylic acids is 1. The number of carboxylic acids is 1. The van der Waals surface area contributed by atoms with Crippen LogP contribution in [-0.4, -0.2) is 79.7 Å². The summed E-state index contributed by atoms with van der Waals surface area (Å²) in [5.74, 6) is -1.16. The largest absolute Gasteiger partial charge is 0.506 e. The Hall–Kier alpha value is -4.32. The summed E-state index contributed by atoms with van der Waals surface area (Å²) in [4.78, 5) is 26.3. The minimum Gasteiger partial charge on any atom is -0.506 e. The second-order valence-electron chi connectivity index (χ2n) is 13.7. The number of carbonyl (C=O) groups excluding carboxylic acids is 1. The highest BCUT2D eigenvalue weighted by Gasteiger charge is 2.46. The van der Waals surface area contributed by atoms with E-state index in [-0.39, 0.29) is 51.7 Å². The third-order valence-corrected chi connectivity index (χ3v) is 10.9. The molecule has 1 saturated carbocycles. The first-order valence-electron chi connectivity index (χ1n) is 16.7. The van der Waals surface area contributed by atoms with Crippen LogP contribution in [0, 0.1) is 12.8 Å². The van der Waals surface area contributed by atoms with Gasteiger partial charge in [-0.05, 0) is 89.6 Å². The molecular weight excluding hydrogens is 628 g/mol. The van der Waals surface area contributed by atoms with E-state index in [0.29, 0.717) is 17.4 Å². The van der Waals surface area contributed by atoms with Crippen molar-refractivity contribution < 1.29 is 49.7 Å². The Morgan fingerprint density at radius 2 is 1.59 bits per heavy atom. The van der Waals surface area contributed by atoms with Gasteiger partial charge in [0.1, 0.15) is 35.9 Å². The van der Waals surface area contributed by atoms with Gasteiger partial charge in [-0.15, -0.1) is 0 Å². The molecule has 7 rings (SSSR count). The smallest absolute Gasteiger partial charge is 0.335 e. The van der Waals surface area contributed by atoms with Gasteiger partial charge in [-0.1, -0.05) is 60.7 Å². The molecule has 2 bridgehead atoms. The molecule has 6 N–H and O–H groups in total. The molecule has 0 aromatic heterocycles. The van der Waals surface area contributed by atoms with Gasteiger partial charge < -0.3 is 40.1 Å². The average molecular weight is 669 g/mol. The van der Waals surface area contributed by atoms with Crippen LogP contribution in [0.25, 0.3) is 10.8 Å².